The summed E-state index contributed by atoms with van der Waals surface area (Å²) in [7, 11) is -0.794. The predicted octanol–water partition coefficient (Wildman–Crippen LogP) is 2.17. The number of aromatic nitrogens is 2. The van der Waals surface area contributed by atoms with Crippen LogP contribution < -0.4 is 5.32 Å². The van der Waals surface area contributed by atoms with Gasteiger partial charge in [-0.25, -0.2) is 4.98 Å². The zero-order valence-electron chi connectivity index (χ0n) is 11.2. The lowest BCUT2D eigenvalue weighted by atomic mass is 10.3. The Labute approximate surface area is 106 Å². The highest BCUT2D eigenvalue weighted by Crippen LogP contribution is 2.11. The normalized spacial score (nSPS) is 14.6. The lowest BCUT2D eigenvalue weighted by Crippen LogP contribution is -2.19. The molecular formula is C12H23N3OS. The van der Waals surface area contributed by atoms with Gasteiger partial charge in [0.2, 0.25) is 5.95 Å². The van der Waals surface area contributed by atoms with Gasteiger partial charge in [-0.05, 0) is 20.3 Å². The van der Waals surface area contributed by atoms with E-state index in [1.165, 1.54) is 6.42 Å². The highest BCUT2D eigenvalue weighted by Gasteiger charge is 2.11. The van der Waals surface area contributed by atoms with E-state index in [1.807, 2.05) is 20.0 Å². The minimum absolute atomic E-state index is 0.148. The highest BCUT2D eigenvalue weighted by atomic mass is 32.2. The van der Waals surface area contributed by atoms with Crippen molar-refractivity contribution >= 4 is 16.7 Å². The van der Waals surface area contributed by atoms with Crippen LogP contribution in [0, 0.1) is 6.92 Å². The predicted molar refractivity (Wildman–Crippen MR) is 73.9 cm³/mol. The Morgan fingerprint density at radius 1 is 1.59 bits per heavy atom. The fourth-order valence-corrected chi connectivity index (χ4v) is 1.96. The van der Waals surface area contributed by atoms with Crippen molar-refractivity contribution in [2.24, 2.45) is 0 Å². The fraction of sp³-hybridized carbons (Fsp3) is 0.750. The molecule has 1 rings (SSSR count). The van der Waals surface area contributed by atoms with Crippen LogP contribution >= 0.6 is 0 Å². The Kier molecular flexibility index (Phi) is 5.68. The lowest BCUT2D eigenvalue weighted by Gasteiger charge is -2.12. The third-order valence-electron chi connectivity index (χ3n) is 2.73. The molecule has 5 heteroatoms. The molecule has 0 spiro atoms. The van der Waals surface area contributed by atoms with Crippen LogP contribution in [0.4, 0.5) is 5.95 Å². The molecule has 0 aliphatic carbocycles. The molecule has 1 aromatic rings. The number of rotatable bonds is 7. The van der Waals surface area contributed by atoms with Gasteiger partial charge in [0.15, 0.2) is 0 Å². The maximum absolute atomic E-state index is 11.4. The largest absolute Gasteiger partial charge is 0.356 e. The summed E-state index contributed by atoms with van der Waals surface area (Å²) < 4.78 is 13.5. The Morgan fingerprint density at radius 2 is 2.29 bits per heavy atom. The van der Waals surface area contributed by atoms with Crippen LogP contribution in [0.5, 0.6) is 0 Å². The van der Waals surface area contributed by atoms with Gasteiger partial charge in [-0.2, -0.15) is 0 Å². The Bertz CT molecular complexity index is 376. The molecule has 2 atom stereocenters. The number of hydrogen-bond acceptors (Lipinski definition) is 3. The van der Waals surface area contributed by atoms with Gasteiger partial charge in [-0.15, -0.1) is 0 Å². The summed E-state index contributed by atoms with van der Waals surface area (Å²) in [6.45, 7) is 7.84. The summed E-state index contributed by atoms with van der Waals surface area (Å²) in [4.78, 5) is 4.45. The molecule has 0 bridgehead atoms. The van der Waals surface area contributed by atoms with E-state index in [-0.39, 0.29) is 5.25 Å². The first-order valence-electron chi connectivity index (χ1n) is 6.14. The first kappa shape index (κ1) is 14.2. The average Bonchev–Trinajstić information content (AvgIpc) is 2.59. The van der Waals surface area contributed by atoms with Crippen molar-refractivity contribution < 1.29 is 4.21 Å². The van der Waals surface area contributed by atoms with Crippen LogP contribution in [0.15, 0.2) is 6.20 Å². The second-order valence-electron chi connectivity index (χ2n) is 4.45. The van der Waals surface area contributed by atoms with E-state index < -0.39 is 10.8 Å². The van der Waals surface area contributed by atoms with E-state index in [0.29, 0.717) is 0 Å². The second-order valence-corrected chi connectivity index (χ2v) is 6.25. The molecule has 98 valence electrons. The molecule has 1 heterocycles. The number of aryl methyl sites for hydroxylation is 1. The summed E-state index contributed by atoms with van der Waals surface area (Å²) >= 11 is 0. The average molecular weight is 257 g/mol. The van der Waals surface area contributed by atoms with E-state index in [0.717, 1.165) is 31.2 Å². The van der Waals surface area contributed by atoms with E-state index >= 15 is 0 Å². The van der Waals surface area contributed by atoms with Gasteiger partial charge < -0.3 is 9.88 Å². The summed E-state index contributed by atoms with van der Waals surface area (Å²) in [6, 6.07) is 0. The van der Waals surface area contributed by atoms with Gasteiger partial charge in [-0.3, -0.25) is 4.21 Å². The van der Waals surface area contributed by atoms with Gasteiger partial charge in [0, 0.05) is 41.6 Å². The van der Waals surface area contributed by atoms with Gasteiger partial charge >= 0.3 is 0 Å². The molecule has 0 radical (unpaired) electrons. The van der Waals surface area contributed by atoms with Gasteiger partial charge in [0.05, 0.1) is 5.69 Å². The Morgan fingerprint density at radius 3 is 2.88 bits per heavy atom. The van der Waals surface area contributed by atoms with Crippen molar-refractivity contribution in [3.8, 4) is 0 Å². The van der Waals surface area contributed by atoms with Crippen molar-refractivity contribution in [1.82, 2.24) is 9.55 Å². The van der Waals surface area contributed by atoms with Crippen molar-refractivity contribution in [1.29, 1.82) is 0 Å². The van der Waals surface area contributed by atoms with E-state index in [9.17, 15) is 4.21 Å². The van der Waals surface area contributed by atoms with Crippen molar-refractivity contribution in [3.63, 3.8) is 0 Å². The molecule has 0 fully saturated rings. The van der Waals surface area contributed by atoms with Crippen LogP contribution in [0.25, 0.3) is 0 Å². The molecule has 2 unspecified atom stereocenters. The molecule has 0 amide bonds. The van der Waals surface area contributed by atoms with Crippen molar-refractivity contribution in [3.05, 3.63) is 11.9 Å². The maximum Gasteiger partial charge on any atom is 0.203 e. The van der Waals surface area contributed by atoms with Crippen LogP contribution in [0.1, 0.15) is 32.4 Å². The molecule has 1 aromatic heterocycles. The number of nitrogens with one attached hydrogen (secondary N) is 1. The Balaban J connectivity index is 2.66. The monoisotopic (exact) mass is 257 g/mol. The molecule has 0 saturated carbocycles. The number of nitrogens with zero attached hydrogens (tertiary/aromatic N) is 2. The smallest absolute Gasteiger partial charge is 0.203 e. The summed E-state index contributed by atoms with van der Waals surface area (Å²) in [6.07, 6.45) is 6.07. The zero-order chi connectivity index (χ0) is 12.8. The van der Waals surface area contributed by atoms with Crippen molar-refractivity contribution in [2.45, 2.75) is 45.4 Å². The summed E-state index contributed by atoms with van der Waals surface area (Å²) in [5.74, 6) is 0.897. The molecule has 0 aliphatic heterocycles. The van der Waals surface area contributed by atoms with Crippen molar-refractivity contribution in [2.75, 3.05) is 18.1 Å². The minimum atomic E-state index is -0.794. The fourth-order valence-electron chi connectivity index (χ4n) is 1.59. The maximum atomic E-state index is 11.4. The molecule has 0 aromatic carbocycles. The lowest BCUT2D eigenvalue weighted by molar-refractivity contribution is 0.644. The molecule has 0 saturated heterocycles. The third kappa shape index (κ3) is 4.50. The van der Waals surface area contributed by atoms with Crippen LogP contribution in [0.3, 0.4) is 0 Å². The first-order chi connectivity index (χ1) is 8.04. The minimum Gasteiger partial charge on any atom is -0.356 e. The summed E-state index contributed by atoms with van der Waals surface area (Å²) in [5, 5.41) is 3.48. The SMILES string of the molecule is CCCCNc1nc(C)cn1CC(C)S(C)=O. The number of unbranched alkanes of at least 4 members (excludes halogenated alkanes) is 1. The zero-order valence-corrected chi connectivity index (χ0v) is 12.0. The standard InChI is InChI=1S/C12H23N3OS/c1-5-6-7-13-12-14-10(2)8-15(12)9-11(3)17(4)16/h8,11H,5-7,9H2,1-4H3,(H,13,14). The molecule has 4 nitrogen and oxygen atoms in total. The van der Waals surface area contributed by atoms with E-state index in [1.54, 1.807) is 6.26 Å². The van der Waals surface area contributed by atoms with E-state index in [2.05, 4.69) is 21.8 Å². The molecule has 1 N–H and O–H groups in total. The van der Waals surface area contributed by atoms with Crippen LogP contribution in [0.2, 0.25) is 0 Å². The molecular weight excluding hydrogens is 234 g/mol. The summed E-state index contributed by atoms with van der Waals surface area (Å²) in [5.41, 5.74) is 0.998. The quantitative estimate of drug-likeness (QED) is 0.762. The molecule has 0 aliphatic rings. The Hall–Kier alpha value is -0.840. The number of anilines is 1. The van der Waals surface area contributed by atoms with Gasteiger partial charge in [0.25, 0.3) is 0 Å². The van der Waals surface area contributed by atoms with Crippen LogP contribution in [-0.4, -0.2) is 31.8 Å². The first-order valence-corrected chi connectivity index (χ1v) is 7.76. The number of hydrogen-bond donors (Lipinski definition) is 1. The second kappa shape index (κ2) is 6.79. The van der Waals surface area contributed by atoms with Gasteiger partial charge in [0.1, 0.15) is 0 Å². The highest BCUT2D eigenvalue weighted by molar-refractivity contribution is 7.84. The molecule has 17 heavy (non-hydrogen) atoms. The van der Waals surface area contributed by atoms with Crippen LogP contribution in [-0.2, 0) is 17.3 Å². The topological polar surface area (TPSA) is 46.9 Å². The van der Waals surface area contributed by atoms with Gasteiger partial charge in [-0.1, -0.05) is 13.3 Å². The van der Waals surface area contributed by atoms with E-state index in [4.69, 9.17) is 0 Å². The number of imidazole rings is 1. The third-order valence-corrected chi connectivity index (χ3v) is 4.01.